The summed E-state index contributed by atoms with van der Waals surface area (Å²) in [7, 11) is 0. The quantitative estimate of drug-likeness (QED) is 0.809. The van der Waals surface area contributed by atoms with E-state index in [-0.39, 0.29) is 6.10 Å². The lowest BCUT2D eigenvalue weighted by molar-refractivity contribution is 0.175. The first-order valence-corrected chi connectivity index (χ1v) is 6.02. The van der Waals surface area contributed by atoms with E-state index in [9.17, 15) is 5.11 Å². The molecule has 1 atom stereocenters. The van der Waals surface area contributed by atoms with Crippen LogP contribution in [0.25, 0.3) is 10.8 Å². The highest BCUT2D eigenvalue weighted by Crippen LogP contribution is 2.35. The van der Waals surface area contributed by atoms with Crippen LogP contribution in [0.2, 0.25) is 0 Å². The van der Waals surface area contributed by atoms with Crippen molar-refractivity contribution in [3.63, 3.8) is 0 Å². The molecule has 0 aliphatic heterocycles. The van der Waals surface area contributed by atoms with Gasteiger partial charge in [-0.3, -0.25) is 0 Å². The lowest BCUT2D eigenvalue weighted by Gasteiger charge is -2.13. The summed E-state index contributed by atoms with van der Waals surface area (Å²) < 4.78 is 0. The molecule has 3 rings (SSSR count). The number of benzene rings is 2. The predicted octanol–water partition coefficient (Wildman–Crippen LogP) is 3.38. The van der Waals surface area contributed by atoms with Gasteiger partial charge in [0.05, 0.1) is 6.10 Å². The van der Waals surface area contributed by atoms with Gasteiger partial charge in [-0.1, -0.05) is 37.3 Å². The normalized spacial score (nSPS) is 15.6. The van der Waals surface area contributed by atoms with E-state index in [1.807, 2.05) is 6.92 Å². The van der Waals surface area contributed by atoms with Crippen LogP contribution in [-0.2, 0) is 12.8 Å². The summed E-state index contributed by atoms with van der Waals surface area (Å²) in [5.41, 5.74) is 3.97. The highest BCUT2D eigenvalue weighted by Gasteiger charge is 2.17. The Balaban J connectivity index is 2.33. The Hall–Kier alpha value is -1.34. The van der Waals surface area contributed by atoms with Crippen LogP contribution >= 0.6 is 0 Å². The van der Waals surface area contributed by atoms with Gasteiger partial charge < -0.3 is 5.11 Å². The Kier molecular flexibility index (Phi) is 2.22. The van der Waals surface area contributed by atoms with Crippen molar-refractivity contribution in [2.45, 2.75) is 32.3 Å². The Morgan fingerprint density at radius 2 is 1.88 bits per heavy atom. The van der Waals surface area contributed by atoms with E-state index in [0.717, 1.165) is 24.8 Å². The number of hydrogen-bond acceptors (Lipinski definition) is 1. The monoisotopic (exact) mass is 212 g/mol. The fourth-order valence-corrected chi connectivity index (χ4v) is 2.78. The summed E-state index contributed by atoms with van der Waals surface area (Å²) in [6.07, 6.45) is 2.75. The predicted molar refractivity (Wildman–Crippen MR) is 66.6 cm³/mol. The molecule has 0 fully saturated rings. The fourth-order valence-electron chi connectivity index (χ4n) is 2.78. The molecule has 0 radical (unpaired) electrons. The van der Waals surface area contributed by atoms with Crippen molar-refractivity contribution in [2.75, 3.05) is 0 Å². The van der Waals surface area contributed by atoms with Crippen LogP contribution in [-0.4, -0.2) is 5.11 Å². The summed E-state index contributed by atoms with van der Waals surface area (Å²) in [4.78, 5) is 0. The van der Waals surface area contributed by atoms with Crippen LogP contribution in [0, 0.1) is 0 Å². The molecule has 1 N–H and O–H groups in total. The van der Waals surface area contributed by atoms with Gasteiger partial charge in [0.15, 0.2) is 0 Å². The number of rotatable bonds is 2. The highest BCUT2D eigenvalue weighted by molar-refractivity contribution is 5.93. The first-order valence-electron chi connectivity index (χ1n) is 6.02. The number of aliphatic hydroxyl groups is 1. The summed E-state index contributed by atoms with van der Waals surface area (Å²) >= 11 is 0. The van der Waals surface area contributed by atoms with Gasteiger partial charge in [0, 0.05) is 0 Å². The van der Waals surface area contributed by atoms with Gasteiger partial charge in [-0.25, -0.2) is 0 Å². The zero-order chi connectivity index (χ0) is 11.1. The molecular weight excluding hydrogens is 196 g/mol. The third-order valence-corrected chi connectivity index (χ3v) is 3.66. The average Bonchev–Trinajstić information content (AvgIpc) is 2.74. The van der Waals surface area contributed by atoms with Crippen LogP contribution in [0.4, 0.5) is 0 Å². The molecule has 0 saturated heterocycles. The van der Waals surface area contributed by atoms with E-state index < -0.39 is 0 Å². The topological polar surface area (TPSA) is 20.2 Å². The smallest absolute Gasteiger partial charge is 0.0793 e. The van der Waals surface area contributed by atoms with Crippen molar-refractivity contribution in [3.8, 4) is 0 Å². The van der Waals surface area contributed by atoms with Gasteiger partial charge in [0.2, 0.25) is 0 Å². The van der Waals surface area contributed by atoms with Gasteiger partial charge in [-0.2, -0.15) is 0 Å². The van der Waals surface area contributed by atoms with Crippen LogP contribution in [0.3, 0.4) is 0 Å². The molecule has 1 aliphatic carbocycles. The van der Waals surface area contributed by atoms with E-state index >= 15 is 0 Å². The minimum absolute atomic E-state index is 0.329. The standard InChI is InChI=1S/C15H16O/c1-2-14(16)12-9-8-11-7-6-10-4-3-5-13(12)15(10)11/h3-5,8-9,14,16H,2,6-7H2,1H3. The number of aliphatic hydroxyl groups excluding tert-OH is 1. The molecule has 1 heteroatoms. The maximum atomic E-state index is 10.0. The average molecular weight is 212 g/mol. The molecule has 0 heterocycles. The lowest BCUT2D eigenvalue weighted by atomic mass is 9.96. The zero-order valence-corrected chi connectivity index (χ0v) is 9.53. The van der Waals surface area contributed by atoms with E-state index in [1.165, 1.54) is 21.9 Å². The Morgan fingerprint density at radius 3 is 2.62 bits per heavy atom. The highest BCUT2D eigenvalue weighted by atomic mass is 16.3. The minimum Gasteiger partial charge on any atom is -0.388 e. The first kappa shape index (κ1) is 9.86. The van der Waals surface area contributed by atoms with E-state index in [1.54, 1.807) is 0 Å². The van der Waals surface area contributed by atoms with Crippen molar-refractivity contribution < 1.29 is 5.11 Å². The largest absolute Gasteiger partial charge is 0.388 e. The summed E-state index contributed by atoms with van der Waals surface area (Å²) in [6.45, 7) is 2.02. The van der Waals surface area contributed by atoms with Crippen molar-refractivity contribution in [1.29, 1.82) is 0 Å². The number of aryl methyl sites for hydroxylation is 2. The molecule has 2 aromatic carbocycles. The molecule has 1 unspecified atom stereocenters. The second kappa shape index (κ2) is 3.60. The molecule has 0 spiro atoms. The molecule has 0 saturated carbocycles. The second-order valence-electron chi connectivity index (χ2n) is 4.58. The third kappa shape index (κ3) is 1.28. The molecule has 82 valence electrons. The van der Waals surface area contributed by atoms with E-state index in [0.29, 0.717) is 0 Å². The van der Waals surface area contributed by atoms with Crippen LogP contribution in [0.15, 0.2) is 30.3 Å². The zero-order valence-electron chi connectivity index (χ0n) is 9.53. The molecule has 0 bridgehead atoms. The van der Waals surface area contributed by atoms with Crippen LogP contribution in [0.5, 0.6) is 0 Å². The SMILES string of the molecule is CCC(O)c1ccc2c3c(cccc13)CC2. The summed E-state index contributed by atoms with van der Waals surface area (Å²) in [5, 5.41) is 12.7. The van der Waals surface area contributed by atoms with Crippen molar-refractivity contribution >= 4 is 10.8 Å². The van der Waals surface area contributed by atoms with Crippen LogP contribution < -0.4 is 0 Å². The van der Waals surface area contributed by atoms with Gasteiger partial charge >= 0.3 is 0 Å². The van der Waals surface area contributed by atoms with Gasteiger partial charge in [0.1, 0.15) is 0 Å². The van der Waals surface area contributed by atoms with E-state index in [4.69, 9.17) is 0 Å². The third-order valence-electron chi connectivity index (χ3n) is 3.66. The first-order chi connectivity index (χ1) is 7.81. The fraction of sp³-hybridized carbons (Fsp3) is 0.333. The van der Waals surface area contributed by atoms with Gasteiger partial charge in [-0.05, 0) is 46.7 Å². The van der Waals surface area contributed by atoms with Crippen molar-refractivity contribution in [1.82, 2.24) is 0 Å². The van der Waals surface area contributed by atoms with Crippen molar-refractivity contribution in [2.24, 2.45) is 0 Å². The summed E-state index contributed by atoms with van der Waals surface area (Å²) in [5.74, 6) is 0. The van der Waals surface area contributed by atoms with Gasteiger partial charge in [-0.15, -0.1) is 0 Å². The molecule has 0 amide bonds. The molecule has 16 heavy (non-hydrogen) atoms. The molecule has 1 nitrogen and oxygen atoms in total. The summed E-state index contributed by atoms with van der Waals surface area (Å²) in [6, 6.07) is 10.7. The maximum Gasteiger partial charge on any atom is 0.0793 e. The van der Waals surface area contributed by atoms with E-state index in [2.05, 4.69) is 30.3 Å². The molecule has 0 aromatic heterocycles. The Labute approximate surface area is 95.7 Å². The lowest BCUT2D eigenvalue weighted by Crippen LogP contribution is -1.97. The molecular formula is C15H16O. The number of hydrogen-bond donors (Lipinski definition) is 1. The maximum absolute atomic E-state index is 10.0. The molecule has 2 aromatic rings. The second-order valence-corrected chi connectivity index (χ2v) is 4.58. The van der Waals surface area contributed by atoms with Crippen LogP contribution in [0.1, 0.15) is 36.1 Å². The van der Waals surface area contributed by atoms with Crippen molar-refractivity contribution in [3.05, 3.63) is 47.0 Å². The Bertz CT molecular complexity index is 532. The van der Waals surface area contributed by atoms with Gasteiger partial charge in [0.25, 0.3) is 0 Å². The Morgan fingerprint density at radius 1 is 1.12 bits per heavy atom. The minimum atomic E-state index is -0.329. The molecule has 1 aliphatic rings.